The van der Waals surface area contributed by atoms with Gasteiger partial charge in [-0.2, -0.15) is 0 Å². The molecule has 1 aromatic carbocycles. The van der Waals surface area contributed by atoms with Crippen LogP contribution in [-0.4, -0.2) is 48.0 Å². The summed E-state index contributed by atoms with van der Waals surface area (Å²) < 4.78 is 5.19. The fourth-order valence-corrected chi connectivity index (χ4v) is 3.53. The Hall–Kier alpha value is -2.73. The first-order valence-electron chi connectivity index (χ1n) is 9.25. The van der Waals surface area contributed by atoms with Crippen LogP contribution in [0, 0.1) is 0 Å². The fraction of sp³-hybridized carbons (Fsp3) is 0.381. The highest BCUT2D eigenvalue weighted by Crippen LogP contribution is 2.24. The summed E-state index contributed by atoms with van der Waals surface area (Å²) in [6.45, 7) is 1.45. The van der Waals surface area contributed by atoms with Gasteiger partial charge in [-0.05, 0) is 49.4 Å². The van der Waals surface area contributed by atoms with Gasteiger partial charge in [0, 0.05) is 49.8 Å². The normalized spacial score (nSPS) is 16.9. The van der Waals surface area contributed by atoms with Crippen LogP contribution < -0.4 is 5.73 Å². The molecule has 1 saturated heterocycles. The van der Waals surface area contributed by atoms with Crippen molar-refractivity contribution in [3.8, 4) is 11.1 Å². The van der Waals surface area contributed by atoms with Crippen molar-refractivity contribution in [2.45, 2.75) is 31.7 Å². The molecule has 2 heterocycles. The number of likely N-dealkylation sites (tertiary alicyclic amines) is 1. The Morgan fingerprint density at radius 2 is 1.93 bits per heavy atom. The van der Waals surface area contributed by atoms with Crippen LogP contribution in [0.1, 0.15) is 46.4 Å². The number of nitrogens with zero attached hydrogens (tertiary/aromatic N) is 2. The predicted octanol–water partition coefficient (Wildman–Crippen LogP) is 2.88. The van der Waals surface area contributed by atoms with Gasteiger partial charge in [0.2, 0.25) is 5.91 Å². The molecule has 6 heteroatoms. The molecule has 1 aliphatic rings. The molecule has 3 rings (SSSR count). The van der Waals surface area contributed by atoms with Gasteiger partial charge >= 0.3 is 0 Å². The van der Waals surface area contributed by atoms with E-state index in [9.17, 15) is 9.59 Å². The largest absolute Gasteiger partial charge is 0.385 e. The minimum absolute atomic E-state index is 0.0614. The molecule has 142 valence electrons. The second-order valence-electron chi connectivity index (χ2n) is 6.83. The summed E-state index contributed by atoms with van der Waals surface area (Å²) in [6.07, 6.45) is 7.21. The maximum atomic E-state index is 13.0. The van der Waals surface area contributed by atoms with Crippen LogP contribution in [0.15, 0.2) is 42.7 Å². The van der Waals surface area contributed by atoms with Gasteiger partial charge in [0.15, 0.2) is 0 Å². The summed E-state index contributed by atoms with van der Waals surface area (Å²) >= 11 is 0. The number of carbonyl (C=O) groups excluding carboxylic acids is 2. The first-order chi connectivity index (χ1) is 13.1. The number of ether oxygens (including phenoxy) is 1. The number of rotatable bonds is 6. The molecule has 0 spiro atoms. The molecular formula is C21H25N3O3. The molecule has 27 heavy (non-hydrogen) atoms. The van der Waals surface area contributed by atoms with Gasteiger partial charge in [-0.25, -0.2) is 0 Å². The van der Waals surface area contributed by atoms with E-state index >= 15 is 0 Å². The van der Waals surface area contributed by atoms with Crippen molar-refractivity contribution in [3.63, 3.8) is 0 Å². The quantitative estimate of drug-likeness (QED) is 0.851. The van der Waals surface area contributed by atoms with Crippen LogP contribution in [0.5, 0.6) is 0 Å². The lowest BCUT2D eigenvalue weighted by molar-refractivity contribution is 0.0553. The number of nitrogens with two attached hydrogens (primary N) is 1. The highest BCUT2D eigenvalue weighted by molar-refractivity contribution is 5.95. The van der Waals surface area contributed by atoms with E-state index in [1.54, 1.807) is 19.4 Å². The number of methoxy groups -OCH3 is 1. The Bertz CT molecular complexity index is 805. The summed E-state index contributed by atoms with van der Waals surface area (Å²) in [7, 11) is 1.69. The molecule has 6 nitrogen and oxygen atoms in total. The number of pyridine rings is 1. The third-order valence-corrected chi connectivity index (χ3v) is 5.03. The summed E-state index contributed by atoms with van der Waals surface area (Å²) in [6, 6.07) is 9.36. The maximum Gasteiger partial charge on any atom is 0.254 e. The van der Waals surface area contributed by atoms with Gasteiger partial charge in [-0.1, -0.05) is 12.1 Å². The van der Waals surface area contributed by atoms with Crippen LogP contribution in [0.25, 0.3) is 11.1 Å². The van der Waals surface area contributed by atoms with E-state index in [4.69, 9.17) is 10.5 Å². The minimum Gasteiger partial charge on any atom is -0.385 e. The number of amides is 2. The number of carbonyl (C=O) groups is 2. The van der Waals surface area contributed by atoms with E-state index in [0.717, 1.165) is 43.4 Å². The average Bonchev–Trinajstić information content (AvgIpc) is 2.72. The average molecular weight is 367 g/mol. The standard InChI is InChI=1S/C21H25N3O3/c1-27-11-9-19-4-2-3-10-24(19)21(26)16-7-5-15(6-8-16)17-12-18(20(22)25)14-23-13-17/h5-8,12-14,19H,2-4,9-11H2,1H3,(H2,22,25)/t19-/m0/s1. The van der Waals surface area contributed by atoms with Gasteiger partial charge in [0.1, 0.15) is 0 Å². The number of aromatic nitrogens is 1. The molecule has 1 aliphatic heterocycles. The number of benzene rings is 1. The SMILES string of the molecule is COCC[C@@H]1CCCCN1C(=O)c1ccc(-c2cncc(C(N)=O)c2)cc1. The Balaban J connectivity index is 1.77. The van der Waals surface area contributed by atoms with E-state index in [2.05, 4.69) is 4.98 Å². The van der Waals surface area contributed by atoms with E-state index in [0.29, 0.717) is 17.7 Å². The van der Waals surface area contributed by atoms with E-state index in [-0.39, 0.29) is 11.9 Å². The molecule has 0 unspecified atom stereocenters. The van der Waals surface area contributed by atoms with Crippen molar-refractivity contribution >= 4 is 11.8 Å². The molecule has 2 amide bonds. The van der Waals surface area contributed by atoms with E-state index in [1.807, 2.05) is 29.2 Å². The lowest BCUT2D eigenvalue weighted by atomic mass is 9.97. The molecule has 1 atom stereocenters. The monoisotopic (exact) mass is 367 g/mol. The van der Waals surface area contributed by atoms with Crippen molar-refractivity contribution in [2.75, 3.05) is 20.3 Å². The van der Waals surface area contributed by atoms with Crippen molar-refractivity contribution in [2.24, 2.45) is 5.73 Å². The highest BCUT2D eigenvalue weighted by Gasteiger charge is 2.27. The Morgan fingerprint density at radius 1 is 1.15 bits per heavy atom. The summed E-state index contributed by atoms with van der Waals surface area (Å²) in [5.41, 5.74) is 8.03. The maximum absolute atomic E-state index is 13.0. The van der Waals surface area contributed by atoms with Gasteiger partial charge < -0.3 is 15.4 Å². The molecule has 2 N–H and O–H groups in total. The zero-order valence-electron chi connectivity index (χ0n) is 15.6. The van der Waals surface area contributed by atoms with Gasteiger partial charge in [-0.3, -0.25) is 14.6 Å². The molecule has 0 saturated carbocycles. The number of hydrogen-bond donors (Lipinski definition) is 1. The molecule has 2 aromatic rings. The van der Waals surface area contributed by atoms with Gasteiger partial charge in [0.25, 0.3) is 5.91 Å². The number of hydrogen-bond acceptors (Lipinski definition) is 4. The minimum atomic E-state index is -0.511. The Labute approximate surface area is 159 Å². The number of piperidine rings is 1. The second kappa shape index (κ2) is 8.77. The molecule has 1 fully saturated rings. The van der Waals surface area contributed by atoms with Crippen LogP contribution in [0.4, 0.5) is 0 Å². The third-order valence-electron chi connectivity index (χ3n) is 5.03. The van der Waals surface area contributed by atoms with E-state index in [1.165, 1.54) is 6.20 Å². The zero-order valence-corrected chi connectivity index (χ0v) is 15.6. The first kappa shape index (κ1) is 19.0. The molecule has 0 bridgehead atoms. The van der Waals surface area contributed by atoms with Crippen molar-refractivity contribution < 1.29 is 14.3 Å². The highest BCUT2D eigenvalue weighted by atomic mass is 16.5. The van der Waals surface area contributed by atoms with E-state index < -0.39 is 5.91 Å². The third kappa shape index (κ3) is 4.52. The Morgan fingerprint density at radius 3 is 2.63 bits per heavy atom. The first-order valence-corrected chi connectivity index (χ1v) is 9.25. The van der Waals surface area contributed by atoms with Crippen LogP contribution in [0.2, 0.25) is 0 Å². The summed E-state index contributed by atoms with van der Waals surface area (Å²) in [4.78, 5) is 30.4. The van der Waals surface area contributed by atoms with Crippen molar-refractivity contribution in [3.05, 3.63) is 53.9 Å². The van der Waals surface area contributed by atoms with Gasteiger partial charge in [0.05, 0.1) is 5.56 Å². The summed E-state index contributed by atoms with van der Waals surface area (Å²) in [5, 5.41) is 0. The van der Waals surface area contributed by atoms with Crippen molar-refractivity contribution in [1.29, 1.82) is 0 Å². The Kier molecular flexibility index (Phi) is 6.19. The molecule has 1 aromatic heterocycles. The predicted molar refractivity (Wildman–Crippen MR) is 103 cm³/mol. The number of primary amides is 1. The zero-order chi connectivity index (χ0) is 19.2. The van der Waals surface area contributed by atoms with Crippen LogP contribution in [-0.2, 0) is 4.74 Å². The van der Waals surface area contributed by atoms with Crippen LogP contribution in [0.3, 0.4) is 0 Å². The molecule has 0 radical (unpaired) electrons. The smallest absolute Gasteiger partial charge is 0.254 e. The lowest BCUT2D eigenvalue weighted by Crippen LogP contribution is -2.44. The lowest BCUT2D eigenvalue weighted by Gasteiger charge is -2.36. The van der Waals surface area contributed by atoms with Crippen LogP contribution >= 0.6 is 0 Å². The van der Waals surface area contributed by atoms with Gasteiger partial charge in [-0.15, -0.1) is 0 Å². The fourth-order valence-electron chi connectivity index (χ4n) is 3.53. The molecular weight excluding hydrogens is 342 g/mol. The molecule has 0 aliphatic carbocycles. The summed E-state index contributed by atoms with van der Waals surface area (Å²) in [5.74, 6) is -0.449. The second-order valence-corrected chi connectivity index (χ2v) is 6.83. The topological polar surface area (TPSA) is 85.5 Å². The van der Waals surface area contributed by atoms with Crippen molar-refractivity contribution in [1.82, 2.24) is 9.88 Å².